The zero-order valence-corrected chi connectivity index (χ0v) is 22.3. The van der Waals surface area contributed by atoms with Gasteiger partial charge in [0.15, 0.2) is 5.65 Å². The van der Waals surface area contributed by atoms with Crippen LogP contribution in [0.3, 0.4) is 0 Å². The molecular formula is C28H36F3N5O. The third-order valence-electron chi connectivity index (χ3n) is 7.72. The molecule has 0 aliphatic carbocycles. The molecule has 6 nitrogen and oxygen atoms in total. The smallest absolute Gasteiger partial charge is 0.293 e. The van der Waals surface area contributed by atoms with Crippen LogP contribution in [0.15, 0.2) is 35.1 Å². The fourth-order valence-corrected chi connectivity index (χ4v) is 5.95. The molecule has 0 amide bonds. The average molecular weight is 516 g/mol. The number of aromatic nitrogens is 3. The van der Waals surface area contributed by atoms with Gasteiger partial charge in [0.05, 0.1) is 17.8 Å². The number of nitrogens with zero attached hydrogens (tertiary/aromatic N) is 5. The Hall–Kier alpha value is -2.65. The molecule has 0 saturated carbocycles. The van der Waals surface area contributed by atoms with Crippen LogP contribution in [0.25, 0.3) is 22.4 Å². The highest BCUT2D eigenvalue weighted by Gasteiger charge is 2.43. The molecule has 0 N–H and O–H groups in total. The van der Waals surface area contributed by atoms with Crippen LogP contribution < -0.4 is 5.69 Å². The molecule has 2 aromatic heterocycles. The first-order chi connectivity index (χ1) is 17.3. The summed E-state index contributed by atoms with van der Waals surface area (Å²) in [6, 6.07) is 10.4. The van der Waals surface area contributed by atoms with Gasteiger partial charge in [0.25, 0.3) is 0 Å². The summed E-state index contributed by atoms with van der Waals surface area (Å²) in [5, 5.41) is 0. The summed E-state index contributed by atoms with van der Waals surface area (Å²) in [5.41, 5.74) is 5.41. The van der Waals surface area contributed by atoms with E-state index in [-0.39, 0.29) is 23.2 Å². The van der Waals surface area contributed by atoms with Gasteiger partial charge in [-0.25, -0.2) is 9.78 Å². The molecule has 0 spiro atoms. The molecule has 2 bridgehead atoms. The zero-order chi connectivity index (χ0) is 26.7. The Morgan fingerprint density at radius 3 is 2.27 bits per heavy atom. The number of rotatable bonds is 5. The Kier molecular flexibility index (Phi) is 6.51. The topological polar surface area (TPSA) is 46.3 Å². The van der Waals surface area contributed by atoms with Crippen molar-refractivity contribution in [1.29, 1.82) is 0 Å². The molecule has 3 fully saturated rings. The molecule has 5 heterocycles. The Bertz CT molecular complexity index is 1370. The number of piperazine rings is 1. The number of hydrogen-bond acceptors (Lipinski definition) is 4. The summed E-state index contributed by atoms with van der Waals surface area (Å²) >= 11 is 0. The van der Waals surface area contributed by atoms with Crippen molar-refractivity contribution in [3.05, 3.63) is 51.9 Å². The minimum absolute atomic E-state index is 0.0423. The first-order valence-electron chi connectivity index (χ1n) is 13.0. The van der Waals surface area contributed by atoms with Crippen molar-refractivity contribution in [2.24, 2.45) is 12.5 Å². The summed E-state index contributed by atoms with van der Waals surface area (Å²) in [4.78, 5) is 21.8. The maximum Gasteiger partial charge on any atom is 0.401 e. The van der Waals surface area contributed by atoms with E-state index in [0.717, 1.165) is 40.7 Å². The molecule has 6 rings (SSSR count). The third-order valence-corrected chi connectivity index (χ3v) is 7.72. The third kappa shape index (κ3) is 5.34. The molecule has 200 valence electrons. The fourth-order valence-electron chi connectivity index (χ4n) is 5.95. The van der Waals surface area contributed by atoms with Gasteiger partial charge in [0.1, 0.15) is 0 Å². The number of alkyl halides is 3. The van der Waals surface area contributed by atoms with Crippen LogP contribution in [-0.4, -0.2) is 61.8 Å². The van der Waals surface area contributed by atoms with Crippen LogP contribution in [-0.2, 0) is 20.1 Å². The number of fused-ring (bicyclic) bond motifs is 4. The Labute approximate surface area is 215 Å². The Morgan fingerprint density at radius 2 is 1.65 bits per heavy atom. The highest BCUT2D eigenvalue weighted by atomic mass is 19.4. The van der Waals surface area contributed by atoms with E-state index in [2.05, 4.69) is 43.9 Å². The second-order valence-corrected chi connectivity index (χ2v) is 12.0. The van der Waals surface area contributed by atoms with Gasteiger partial charge in [-0.05, 0) is 54.5 Å². The maximum atomic E-state index is 13.0. The largest absolute Gasteiger partial charge is 0.401 e. The summed E-state index contributed by atoms with van der Waals surface area (Å²) in [6.45, 7) is 10.0. The van der Waals surface area contributed by atoms with E-state index in [1.165, 1.54) is 0 Å². The van der Waals surface area contributed by atoms with Gasteiger partial charge in [-0.1, -0.05) is 32.9 Å². The van der Waals surface area contributed by atoms with Gasteiger partial charge in [-0.3, -0.25) is 18.9 Å². The number of piperidine rings is 2. The van der Waals surface area contributed by atoms with E-state index in [1.807, 2.05) is 19.1 Å². The molecule has 37 heavy (non-hydrogen) atoms. The van der Waals surface area contributed by atoms with Crippen LogP contribution in [0.5, 0.6) is 0 Å². The van der Waals surface area contributed by atoms with Crippen molar-refractivity contribution in [2.45, 2.75) is 71.9 Å². The maximum absolute atomic E-state index is 13.0. The van der Waals surface area contributed by atoms with E-state index < -0.39 is 12.7 Å². The predicted octanol–water partition coefficient (Wildman–Crippen LogP) is 4.97. The number of pyridine rings is 1. The van der Waals surface area contributed by atoms with Crippen molar-refractivity contribution >= 4 is 11.2 Å². The molecule has 3 aliphatic rings. The molecular weight excluding hydrogens is 479 g/mol. The van der Waals surface area contributed by atoms with Crippen molar-refractivity contribution in [3.63, 3.8) is 0 Å². The molecule has 2 atom stereocenters. The monoisotopic (exact) mass is 515 g/mol. The second-order valence-electron chi connectivity index (χ2n) is 12.0. The minimum Gasteiger partial charge on any atom is -0.293 e. The normalized spacial score (nSPS) is 21.3. The minimum atomic E-state index is -4.15. The van der Waals surface area contributed by atoms with E-state index >= 15 is 0 Å². The Morgan fingerprint density at radius 1 is 0.973 bits per heavy atom. The number of benzene rings is 1. The molecule has 3 aromatic rings. The van der Waals surface area contributed by atoms with Gasteiger partial charge in [0.2, 0.25) is 0 Å². The number of aryl methyl sites for hydroxylation is 2. The van der Waals surface area contributed by atoms with Crippen molar-refractivity contribution < 1.29 is 13.2 Å². The van der Waals surface area contributed by atoms with Crippen LogP contribution in [0.2, 0.25) is 0 Å². The molecule has 3 aliphatic heterocycles. The predicted molar refractivity (Wildman–Crippen MR) is 139 cm³/mol. The lowest BCUT2D eigenvalue weighted by Gasteiger charge is -2.51. The zero-order valence-electron chi connectivity index (χ0n) is 22.3. The van der Waals surface area contributed by atoms with E-state index in [0.29, 0.717) is 31.8 Å². The first-order valence-corrected chi connectivity index (χ1v) is 13.0. The summed E-state index contributed by atoms with van der Waals surface area (Å²) in [7, 11) is 1.76. The van der Waals surface area contributed by atoms with Crippen LogP contribution in [0.4, 0.5) is 13.2 Å². The standard InChI is InChI=1S/C28H36F3N5O/c1-18-6-7-19(13-34-14-21-9-8-20(34)15-35(21)17-28(29,30)31)12-22(18)23-10-11-24-25(32-23)33(5)26(37)36(24)16-27(2,3)4/h6-7,10-12,20-21H,8-9,13-17H2,1-5H3. The molecule has 2 unspecified atom stereocenters. The van der Waals surface area contributed by atoms with Crippen molar-refractivity contribution in [3.8, 4) is 11.3 Å². The van der Waals surface area contributed by atoms with Gasteiger partial charge in [-0.15, -0.1) is 0 Å². The van der Waals surface area contributed by atoms with Gasteiger partial charge < -0.3 is 0 Å². The van der Waals surface area contributed by atoms with E-state index in [9.17, 15) is 18.0 Å². The summed E-state index contributed by atoms with van der Waals surface area (Å²) in [6.07, 6.45) is -2.39. The van der Waals surface area contributed by atoms with Crippen molar-refractivity contribution in [1.82, 2.24) is 23.9 Å². The number of halogens is 3. The molecule has 3 saturated heterocycles. The van der Waals surface area contributed by atoms with Crippen LogP contribution in [0, 0.1) is 12.3 Å². The lowest BCUT2D eigenvalue weighted by molar-refractivity contribution is -0.166. The lowest BCUT2D eigenvalue weighted by Crippen LogP contribution is -2.63. The fraction of sp³-hybridized carbons (Fsp3) is 0.571. The Balaban J connectivity index is 1.40. The number of hydrogen-bond donors (Lipinski definition) is 0. The van der Waals surface area contributed by atoms with Gasteiger partial charge in [0, 0.05) is 50.9 Å². The highest BCUT2D eigenvalue weighted by Crippen LogP contribution is 2.33. The molecule has 0 radical (unpaired) electrons. The van der Waals surface area contributed by atoms with Crippen LogP contribution >= 0.6 is 0 Å². The summed E-state index contributed by atoms with van der Waals surface area (Å²) in [5.74, 6) is 0. The number of imidazole rings is 1. The van der Waals surface area contributed by atoms with Crippen LogP contribution in [0.1, 0.15) is 44.7 Å². The van der Waals surface area contributed by atoms with Gasteiger partial charge >= 0.3 is 11.9 Å². The highest BCUT2D eigenvalue weighted by molar-refractivity contribution is 5.77. The second kappa shape index (κ2) is 9.27. The summed E-state index contributed by atoms with van der Waals surface area (Å²) < 4.78 is 42.4. The van der Waals surface area contributed by atoms with Crippen molar-refractivity contribution in [2.75, 3.05) is 19.6 Å². The average Bonchev–Trinajstić information content (AvgIpc) is 3.03. The SMILES string of the molecule is Cc1ccc(CN2CC3CCC2CN3CC(F)(F)F)cc1-c1ccc2c(n1)n(C)c(=O)n2CC(C)(C)C. The quantitative estimate of drug-likeness (QED) is 0.482. The first kappa shape index (κ1) is 26.0. The lowest BCUT2D eigenvalue weighted by atomic mass is 9.90. The molecule has 9 heteroatoms. The molecule has 1 aromatic carbocycles. The van der Waals surface area contributed by atoms with E-state index in [4.69, 9.17) is 4.98 Å². The van der Waals surface area contributed by atoms with Gasteiger partial charge in [-0.2, -0.15) is 13.2 Å². The van der Waals surface area contributed by atoms with E-state index in [1.54, 1.807) is 21.1 Å².